The fourth-order valence-corrected chi connectivity index (χ4v) is 4.05. The molecule has 0 spiro atoms. The summed E-state index contributed by atoms with van der Waals surface area (Å²) in [7, 11) is 0. The zero-order valence-corrected chi connectivity index (χ0v) is 14.0. The molecule has 2 nitrogen and oxygen atoms in total. The summed E-state index contributed by atoms with van der Waals surface area (Å²) in [5, 5.41) is 0. The Labute approximate surface area is 131 Å². The molecule has 1 atom stereocenters. The first kappa shape index (κ1) is 16.9. The lowest BCUT2D eigenvalue weighted by Gasteiger charge is -2.44. The number of hydrogen-bond donors (Lipinski definition) is 0. The maximum atomic E-state index is 14.1. The molecule has 0 N–H and O–H groups in total. The highest BCUT2D eigenvalue weighted by Gasteiger charge is 2.62. The quantitative estimate of drug-likeness (QED) is 0.767. The third kappa shape index (κ3) is 1.92. The summed E-state index contributed by atoms with van der Waals surface area (Å²) in [6, 6.07) is 7.32. The number of amides is 1. The third-order valence-electron chi connectivity index (χ3n) is 5.54. The van der Waals surface area contributed by atoms with Crippen LogP contribution in [0.3, 0.4) is 0 Å². The molecule has 1 amide bonds. The molecule has 0 saturated heterocycles. The molecule has 0 saturated carbocycles. The minimum absolute atomic E-state index is 0.0560. The lowest BCUT2D eigenvalue weighted by molar-refractivity contribution is -0.137. The van der Waals surface area contributed by atoms with Gasteiger partial charge in [0.1, 0.15) is 0 Å². The first-order chi connectivity index (χ1) is 10.3. The standard InChI is InChI=1S/C18H25F2NO/c1-6-18(7-2,15(19)20)17(5)13-10-8-9-11-14(13)21(12(3)4)16(17)22/h8-12,15H,6-7H2,1-5H3. The largest absolute Gasteiger partial charge is 0.309 e. The molecule has 1 aromatic carbocycles. The number of halogens is 2. The van der Waals surface area contributed by atoms with Crippen LogP contribution in [0.2, 0.25) is 0 Å². The Morgan fingerprint density at radius 1 is 1.18 bits per heavy atom. The number of carbonyl (C=O) groups is 1. The molecule has 0 fully saturated rings. The molecule has 1 unspecified atom stereocenters. The van der Waals surface area contributed by atoms with Crippen LogP contribution in [-0.2, 0) is 10.2 Å². The summed E-state index contributed by atoms with van der Waals surface area (Å²) >= 11 is 0. The molecule has 1 heterocycles. The summed E-state index contributed by atoms with van der Waals surface area (Å²) in [5.41, 5.74) is -1.02. The van der Waals surface area contributed by atoms with E-state index in [9.17, 15) is 13.6 Å². The molecule has 0 aliphatic carbocycles. The van der Waals surface area contributed by atoms with Crippen LogP contribution in [0.15, 0.2) is 24.3 Å². The normalized spacial score (nSPS) is 21.9. The minimum Gasteiger partial charge on any atom is -0.309 e. The van der Waals surface area contributed by atoms with E-state index in [-0.39, 0.29) is 24.8 Å². The van der Waals surface area contributed by atoms with Gasteiger partial charge in [-0.25, -0.2) is 8.78 Å². The Morgan fingerprint density at radius 3 is 2.18 bits per heavy atom. The van der Waals surface area contributed by atoms with Crippen molar-refractivity contribution in [3.63, 3.8) is 0 Å². The predicted molar refractivity (Wildman–Crippen MR) is 85.4 cm³/mol. The molecule has 1 aliphatic rings. The number of nitrogens with zero attached hydrogens (tertiary/aromatic N) is 1. The molecule has 0 aromatic heterocycles. The van der Waals surface area contributed by atoms with Crippen LogP contribution in [0, 0.1) is 5.41 Å². The van der Waals surface area contributed by atoms with Gasteiger partial charge >= 0.3 is 0 Å². The Kier molecular flexibility index (Phi) is 4.33. The number of alkyl halides is 2. The van der Waals surface area contributed by atoms with E-state index in [1.165, 1.54) is 0 Å². The van der Waals surface area contributed by atoms with E-state index in [2.05, 4.69) is 0 Å². The van der Waals surface area contributed by atoms with Gasteiger partial charge in [0.2, 0.25) is 12.3 Å². The summed E-state index contributed by atoms with van der Waals surface area (Å²) in [5.74, 6) is -0.201. The second-order valence-corrected chi connectivity index (χ2v) is 6.57. The number of fused-ring (bicyclic) bond motifs is 1. The van der Waals surface area contributed by atoms with Crippen molar-refractivity contribution in [2.45, 2.75) is 65.3 Å². The number of para-hydroxylation sites is 1. The van der Waals surface area contributed by atoms with Crippen LogP contribution in [-0.4, -0.2) is 18.4 Å². The van der Waals surface area contributed by atoms with E-state index in [0.29, 0.717) is 0 Å². The molecule has 0 bridgehead atoms. The number of hydrogen-bond acceptors (Lipinski definition) is 1. The zero-order chi connectivity index (χ0) is 16.7. The smallest absolute Gasteiger partial charge is 0.245 e. The van der Waals surface area contributed by atoms with E-state index >= 15 is 0 Å². The Bertz CT molecular complexity index is 566. The summed E-state index contributed by atoms with van der Waals surface area (Å²) in [6.45, 7) is 9.06. The van der Waals surface area contributed by atoms with Gasteiger partial charge in [-0.2, -0.15) is 0 Å². The van der Waals surface area contributed by atoms with Gasteiger partial charge in [0.05, 0.1) is 5.41 Å². The molecular weight excluding hydrogens is 284 g/mol. The van der Waals surface area contributed by atoms with Crippen molar-refractivity contribution in [2.75, 3.05) is 4.90 Å². The third-order valence-corrected chi connectivity index (χ3v) is 5.54. The molecule has 4 heteroatoms. The minimum atomic E-state index is -2.54. The highest BCUT2D eigenvalue weighted by Crippen LogP contribution is 2.57. The van der Waals surface area contributed by atoms with Crippen molar-refractivity contribution in [3.05, 3.63) is 29.8 Å². The van der Waals surface area contributed by atoms with Gasteiger partial charge in [-0.15, -0.1) is 0 Å². The van der Waals surface area contributed by atoms with Gasteiger partial charge in [-0.05, 0) is 45.2 Å². The van der Waals surface area contributed by atoms with Crippen molar-refractivity contribution in [1.29, 1.82) is 0 Å². The van der Waals surface area contributed by atoms with Gasteiger partial charge in [-0.1, -0.05) is 32.0 Å². The SMILES string of the molecule is CCC(CC)(C(F)F)C1(C)C(=O)N(C(C)C)c2ccccc21. The van der Waals surface area contributed by atoms with Crippen molar-refractivity contribution in [3.8, 4) is 0 Å². The van der Waals surface area contributed by atoms with Crippen molar-refractivity contribution >= 4 is 11.6 Å². The topological polar surface area (TPSA) is 20.3 Å². The van der Waals surface area contributed by atoms with Gasteiger partial charge < -0.3 is 4.90 Å². The molecule has 1 aromatic rings. The van der Waals surface area contributed by atoms with Gasteiger partial charge in [0.25, 0.3) is 0 Å². The lowest BCUT2D eigenvalue weighted by Crippen LogP contribution is -2.54. The van der Waals surface area contributed by atoms with E-state index in [4.69, 9.17) is 0 Å². The maximum Gasteiger partial charge on any atom is 0.245 e. The first-order valence-electron chi connectivity index (χ1n) is 7.99. The van der Waals surface area contributed by atoms with E-state index in [0.717, 1.165) is 11.3 Å². The van der Waals surface area contributed by atoms with Crippen LogP contribution in [0.25, 0.3) is 0 Å². The number of rotatable bonds is 5. The second-order valence-electron chi connectivity index (χ2n) is 6.57. The summed E-state index contributed by atoms with van der Waals surface area (Å²) in [6.07, 6.45) is -2.01. The van der Waals surface area contributed by atoms with E-state index in [1.54, 1.807) is 25.7 Å². The Morgan fingerprint density at radius 2 is 1.73 bits per heavy atom. The Balaban J connectivity index is 2.76. The molecule has 22 heavy (non-hydrogen) atoms. The monoisotopic (exact) mass is 309 g/mol. The van der Waals surface area contributed by atoms with Crippen LogP contribution < -0.4 is 4.90 Å². The average Bonchev–Trinajstić information content (AvgIpc) is 2.70. The van der Waals surface area contributed by atoms with Crippen LogP contribution in [0.5, 0.6) is 0 Å². The highest BCUT2D eigenvalue weighted by molar-refractivity contribution is 6.09. The van der Waals surface area contributed by atoms with Crippen molar-refractivity contribution in [2.24, 2.45) is 5.41 Å². The molecule has 122 valence electrons. The molecule has 2 rings (SSSR count). The second kappa shape index (κ2) is 5.64. The zero-order valence-electron chi connectivity index (χ0n) is 14.0. The van der Waals surface area contributed by atoms with Gasteiger partial charge in [0, 0.05) is 17.1 Å². The van der Waals surface area contributed by atoms with Crippen molar-refractivity contribution < 1.29 is 13.6 Å². The molecular formula is C18H25F2NO. The average molecular weight is 309 g/mol. The van der Waals surface area contributed by atoms with Crippen molar-refractivity contribution in [1.82, 2.24) is 0 Å². The van der Waals surface area contributed by atoms with Crippen LogP contribution >= 0.6 is 0 Å². The first-order valence-corrected chi connectivity index (χ1v) is 7.99. The number of anilines is 1. The van der Waals surface area contributed by atoms with Crippen LogP contribution in [0.1, 0.15) is 53.0 Å². The highest BCUT2D eigenvalue weighted by atomic mass is 19.3. The van der Waals surface area contributed by atoms with Gasteiger partial charge in [0.15, 0.2) is 0 Å². The predicted octanol–water partition coefficient (Wildman–Crippen LogP) is 4.77. The van der Waals surface area contributed by atoms with E-state index < -0.39 is 17.3 Å². The fourth-order valence-electron chi connectivity index (χ4n) is 4.05. The number of benzene rings is 1. The summed E-state index contributed by atoms with van der Waals surface area (Å²) < 4.78 is 28.2. The number of carbonyl (C=O) groups excluding carboxylic acids is 1. The van der Waals surface area contributed by atoms with E-state index in [1.807, 2.05) is 38.1 Å². The lowest BCUT2D eigenvalue weighted by atomic mass is 9.58. The Hall–Kier alpha value is -1.45. The fraction of sp³-hybridized carbons (Fsp3) is 0.611. The summed E-state index contributed by atoms with van der Waals surface area (Å²) in [4.78, 5) is 14.9. The molecule has 0 radical (unpaired) electrons. The maximum absolute atomic E-state index is 14.1. The van der Waals surface area contributed by atoms with Crippen LogP contribution in [0.4, 0.5) is 14.5 Å². The molecule has 1 aliphatic heterocycles. The van der Waals surface area contributed by atoms with Gasteiger partial charge in [-0.3, -0.25) is 4.79 Å².